The fraction of sp³-hybridized carbons (Fsp3) is 0.208. The van der Waals surface area contributed by atoms with Crippen LogP contribution in [0.25, 0.3) is 11.1 Å². The average Bonchev–Trinajstić information content (AvgIpc) is 3.03. The van der Waals surface area contributed by atoms with Crippen molar-refractivity contribution in [2.75, 3.05) is 13.7 Å². The number of carbonyl (C=O) groups is 1. The van der Waals surface area contributed by atoms with Gasteiger partial charge in [-0.05, 0) is 35.9 Å². The van der Waals surface area contributed by atoms with Gasteiger partial charge in [-0.25, -0.2) is 4.39 Å². The van der Waals surface area contributed by atoms with Crippen LogP contribution in [0, 0.1) is 5.82 Å². The molecule has 4 rings (SSSR count). The predicted molar refractivity (Wildman–Crippen MR) is 119 cm³/mol. The van der Waals surface area contributed by atoms with Crippen molar-refractivity contribution in [2.24, 2.45) is 0 Å². The molecule has 1 amide bonds. The van der Waals surface area contributed by atoms with Gasteiger partial charge in [0.1, 0.15) is 11.6 Å². The van der Waals surface area contributed by atoms with E-state index >= 15 is 0 Å². The van der Waals surface area contributed by atoms with Crippen LogP contribution in [0.3, 0.4) is 0 Å². The molecular weight excluding hydrogens is 440 g/mol. The maximum absolute atomic E-state index is 14.5. The number of nitrogens with zero attached hydrogens (tertiary/aromatic N) is 1. The second-order valence-electron chi connectivity index (χ2n) is 7.44. The standard InChI is InChI=1S/C24H20Cl2FNO3/c1-31-23-15(9-16(27)11-19(23)22-20(25)7-4-8-21(22)26)10-17(29)13-28-12-14-5-2-3-6-18(14)24(28)30/h2-9,11,17,29H,10,12-13H2,1H3/t17-/m0/s1. The van der Waals surface area contributed by atoms with Gasteiger partial charge in [0.05, 0.1) is 23.3 Å². The third-order valence-electron chi connectivity index (χ3n) is 5.35. The molecule has 0 saturated carbocycles. The highest BCUT2D eigenvalue weighted by molar-refractivity contribution is 6.39. The van der Waals surface area contributed by atoms with E-state index in [9.17, 15) is 14.3 Å². The lowest BCUT2D eigenvalue weighted by atomic mass is 9.97. The molecule has 0 aromatic heterocycles. The van der Waals surface area contributed by atoms with Crippen LogP contribution in [0.1, 0.15) is 21.5 Å². The Hall–Kier alpha value is -2.60. The van der Waals surface area contributed by atoms with Crippen molar-refractivity contribution < 1.29 is 19.0 Å². The molecule has 31 heavy (non-hydrogen) atoms. The van der Waals surface area contributed by atoms with Crippen molar-refractivity contribution in [1.82, 2.24) is 4.90 Å². The Balaban J connectivity index is 1.60. The molecule has 0 radical (unpaired) electrons. The lowest BCUT2D eigenvalue weighted by molar-refractivity contribution is 0.0646. The Morgan fingerprint density at radius 2 is 1.81 bits per heavy atom. The summed E-state index contributed by atoms with van der Waals surface area (Å²) < 4.78 is 20.1. The smallest absolute Gasteiger partial charge is 0.254 e. The molecule has 1 aliphatic rings. The van der Waals surface area contributed by atoms with Gasteiger partial charge in [-0.2, -0.15) is 0 Å². The summed E-state index contributed by atoms with van der Waals surface area (Å²) in [6.07, 6.45) is -0.820. The first kappa shape index (κ1) is 21.6. The van der Waals surface area contributed by atoms with Crippen LogP contribution in [-0.4, -0.2) is 35.7 Å². The third-order valence-corrected chi connectivity index (χ3v) is 5.98. The van der Waals surface area contributed by atoms with Gasteiger partial charge in [-0.3, -0.25) is 4.79 Å². The van der Waals surface area contributed by atoms with Crippen molar-refractivity contribution in [1.29, 1.82) is 0 Å². The highest BCUT2D eigenvalue weighted by Crippen LogP contribution is 2.42. The Bertz CT molecular complexity index is 1130. The first-order chi connectivity index (χ1) is 14.9. The molecule has 0 fully saturated rings. The van der Waals surface area contributed by atoms with Gasteiger partial charge in [0.25, 0.3) is 5.91 Å². The Kier molecular flexibility index (Phi) is 6.19. The van der Waals surface area contributed by atoms with E-state index in [4.69, 9.17) is 27.9 Å². The number of hydrogen-bond acceptors (Lipinski definition) is 3. The number of amides is 1. The summed E-state index contributed by atoms with van der Waals surface area (Å²) in [5.74, 6) is -0.241. The van der Waals surface area contributed by atoms with Gasteiger partial charge in [-0.15, -0.1) is 0 Å². The number of benzene rings is 3. The zero-order valence-electron chi connectivity index (χ0n) is 16.7. The quantitative estimate of drug-likeness (QED) is 0.539. The second kappa shape index (κ2) is 8.87. The molecule has 1 N–H and O–H groups in total. The number of aliphatic hydroxyl groups excluding tert-OH is 1. The molecule has 3 aromatic carbocycles. The van der Waals surface area contributed by atoms with Crippen LogP contribution in [-0.2, 0) is 13.0 Å². The fourth-order valence-corrected chi connectivity index (χ4v) is 4.62. The molecule has 0 unspecified atom stereocenters. The molecular formula is C24H20Cl2FNO3. The minimum absolute atomic E-state index is 0.0934. The summed E-state index contributed by atoms with van der Waals surface area (Å²) in [5, 5.41) is 11.4. The summed E-state index contributed by atoms with van der Waals surface area (Å²) in [4.78, 5) is 14.2. The molecule has 4 nitrogen and oxygen atoms in total. The number of halogens is 3. The first-order valence-corrected chi connectivity index (χ1v) is 10.5. The topological polar surface area (TPSA) is 49.8 Å². The molecule has 0 bridgehead atoms. The second-order valence-corrected chi connectivity index (χ2v) is 8.26. The van der Waals surface area contributed by atoms with E-state index in [1.54, 1.807) is 29.2 Å². The SMILES string of the molecule is COc1c(C[C@H](O)CN2Cc3ccccc3C2=O)cc(F)cc1-c1c(Cl)cccc1Cl. The molecule has 7 heteroatoms. The molecule has 0 aliphatic carbocycles. The molecule has 1 atom stereocenters. The van der Waals surface area contributed by atoms with Crippen molar-refractivity contribution in [2.45, 2.75) is 19.1 Å². The van der Waals surface area contributed by atoms with Crippen molar-refractivity contribution in [3.05, 3.63) is 87.2 Å². The molecule has 1 aliphatic heterocycles. The van der Waals surface area contributed by atoms with E-state index in [2.05, 4.69) is 0 Å². The largest absolute Gasteiger partial charge is 0.496 e. The molecule has 0 saturated heterocycles. The van der Waals surface area contributed by atoms with E-state index in [-0.39, 0.29) is 18.9 Å². The highest BCUT2D eigenvalue weighted by Gasteiger charge is 2.29. The van der Waals surface area contributed by atoms with E-state index in [1.165, 1.54) is 19.2 Å². The zero-order chi connectivity index (χ0) is 22.1. The Labute approximate surface area is 189 Å². The van der Waals surface area contributed by atoms with Gasteiger partial charge in [0, 0.05) is 41.8 Å². The van der Waals surface area contributed by atoms with Gasteiger partial charge < -0.3 is 14.7 Å². The first-order valence-electron chi connectivity index (χ1n) is 9.75. The maximum atomic E-state index is 14.5. The van der Waals surface area contributed by atoms with Crippen LogP contribution in [0.5, 0.6) is 5.75 Å². The number of fused-ring (bicyclic) bond motifs is 1. The number of ether oxygens (including phenoxy) is 1. The minimum Gasteiger partial charge on any atom is -0.496 e. The van der Waals surface area contributed by atoms with E-state index in [1.807, 2.05) is 18.2 Å². The van der Waals surface area contributed by atoms with Crippen LogP contribution in [0.4, 0.5) is 4.39 Å². The normalized spacial score (nSPS) is 14.0. The molecule has 160 valence electrons. The maximum Gasteiger partial charge on any atom is 0.254 e. The zero-order valence-corrected chi connectivity index (χ0v) is 18.3. The fourth-order valence-electron chi connectivity index (χ4n) is 4.02. The number of methoxy groups -OCH3 is 1. The summed E-state index contributed by atoms with van der Waals surface area (Å²) in [7, 11) is 1.47. The summed E-state index contributed by atoms with van der Waals surface area (Å²) >= 11 is 12.6. The van der Waals surface area contributed by atoms with E-state index < -0.39 is 11.9 Å². The Morgan fingerprint density at radius 1 is 1.10 bits per heavy atom. The summed E-state index contributed by atoms with van der Waals surface area (Å²) in [5.41, 5.74) is 2.91. The molecule has 1 heterocycles. The van der Waals surface area contributed by atoms with Crippen LogP contribution in [0.2, 0.25) is 10.0 Å². The molecule has 3 aromatic rings. The third kappa shape index (κ3) is 4.26. The van der Waals surface area contributed by atoms with Gasteiger partial charge in [0.15, 0.2) is 0 Å². The van der Waals surface area contributed by atoms with Crippen LogP contribution >= 0.6 is 23.2 Å². The number of aliphatic hydroxyl groups is 1. The van der Waals surface area contributed by atoms with Crippen molar-refractivity contribution in [3.8, 4) is 16.9 Å². The van der Waals surface area contributed by atoms with Gasteiger partial charge in [-0.1, -0.05) is 47.5 Å². The lowest BCUT2D eigenvalue weighted by Gasteiger charge is -2.22. The molecule has 0 spiro atoms. The summed E-state index contributed by atoms with van der Waals surface area (Å²) in [6, 6.07) is 15.0. The van der Waals surface area contributed by atoms with E-state index in [0.29, 0.717) is 44.6 Å². The van der Waals surface area contributed by atoms with Crippen molar-refractivity contribution in [3.63, 3.8) is 0 Å². The number of rotatable bonds is 6. The van der Waals surface area contributed by atoms with E-state index in [0.717, 1.165) is 5.56 Å². The lowest BCUT2D eigenvalue weighted by Crippen LogP contribution is -2.33. The minimum atomic E-state index is -0.913. The number of hydrogen-bond donors (Lipinski definition) is 1. The highest BCUT2D eigenvalue weighted by atomic mass is 35.5. The number of β-amino-alcohol motifs (C(OH)–C–C–N with tert-alkyl or cyclic N) is 1. The monoisotopic (exact) mass is 459 g/mol. The van der Waals surface area contributed by atoms with Gasteiger partial charge >= 0.3 is 0 Å². The predicted octanol–water partition coefficient (Wildman–Crippen LogP) is 5.37. The van der Waals surface area contributed by atoms with Gasteiger partial charge in [0.2, 0.25) is 0 Å². The summed E-state index contributed by atoms with van der Waals surface area (Å²) in [6.45, 7) is 0.558. The number of carbonyl (C=O) groups excluding carboxylic acids is 1. The van der Waals surface area contributed by atoms with Crippen molar-refractivity contribution >= 4 is 29.1 Å². The van der Waals surface area contributed by atoms with Crippen LogP contribution < -0.4 is 4.74 Å². The average molecular weight is 460 g/mol. The Morgan fingerprint density at radius 3 is 2.48 bits per heavy atom. The van der Waals surface area contributed by atoms with Crippen LogP contribution in [0.15, 0.2) is 54.6 Å².